The molecule has 0 atom stereocenters. The van der Waals surface area contributed by atoms with Crippen molar-refractivity contribution in [3.05, 3.63) is 40.2 Å². The van der Waals surface area contributed by atoms with Crippen LogP contribution in [0.5, 0.6) is 0 Å². The Labute approximate surface area is 189 Å². The zero-order valence-electron chi connectivity index (χ0n) is 20.2. The van der Waals surface area contributed by atoms with Crippen LogP contribution in [0.25, 0.3) is 0 Å². The number of alkyl halides is 3. The van der Waals surface area contributed by atoms with Gasteiger partial charge in [0.15, 0.2) is 0 Å². The predicted molar refractivity (Wildman–Crippen MR) is 123 cm³/mol. The zero-order chi connectivity index (χ0) is 24.2. The molecule has 0 bridgehead atoms. The summed E-state index contributed by atoms with van der Waals surface area (Å²) in [5, 5.41) is 0. The smallest absolute Gasteiger partial charge is 0.337 e. The minimum Gasteiger partial charge on any atom is -0.337 e. The molecule has 8 heteroatoms. The van der Waals surface area contributed by atoms with E-state index in [0.717, 1.165) is 16.8 Å². The minimum absolute atomic E-state index is 0.286. The van der Waals surface area contributed by atoms with Crippen molar-refractivity contribution < 1.29 is 18.0 Å². The number of carbonyl (C=O) groups is 1. The molecule has 1 aromatic heterocycles. The van der Waals surface area contributed by atoms with Crippen molar-refractivity contribution in [1.29, 1.82) is 0 Å². The average molecular weight is 453 g/mol. The lowest BCUT2D eigenvalue weighted by atomic mass is 10.0. The van der Waals surface area contributed by atoms with Crippen LogP contribution in [0.1, 0.15) is 66.5 Å². The Bertz CT molecular complexity index is 926. The van der Waals surface area contributed by atoms with Crippen LogP contribution in [0.4, 0.5) is 24.8 Å². The Morgan fingerprint density at radius 3 is 2.19 bits per heavy atom. The van der Waals surface area contributed by atoms with Gasteiger partial charge in [0.2, 0.25) is 5.95 Å². The minimum atomic E-state index is -4.29. The zero-order valence-corrected chi connectivity index (χ0v) is 20.2. The highest BCUT2D eigenvalue weighted by atomic mass is 19.4. The molecule has 1 amide bonds. The molecule has 0 saturated heterocycles. The number of halogens is 3. The van der Waals surface area contributed by atoms with Crippen LogP contribution in [0.2, 0.25) is 0 Å². The van der Waals surface area contributed by atoms with Crippen molar-refractivity contribution in [2.24, 2.45) is 0 Å². The summed E-state index contributed by atoms with van der Waals surface area (Å²) in [4.78, 5) is 21.2. The average Bonchev–Trinajstić information content (AvgIpc) is 3.23. The molecule has 0 radical (unpaired) electrons. The van der Waals surface area contributed by atoms with Gasteiger partial charge in [0, 0.05) is 31.9 Å². The van der Waals surface area contributed by atoms with Gasteiger partial charge in [-0.1, -0.05) is 38.5 Å². The number of carbonyl (C=O) groups excluding carboxylic acids is 1. The van der Waals surface area contributed by atoms with E-state index in [1.54, 1.807) is 6.92 Å². The van der Waals surface area contributed by atoms with Gasteiger partial charge in [0.25, 0.3) is 5.91 Å². The van der Waals surface area contributed by atoms with Gasteiger partial charge in [-0.25, -0.2) is 4.98 Å². The molecule has 3 rings (SSSR count). The van der Waals surface area contributed by atoms with Crippen molar-refractivity contribution >= 4 is 17.5 Å². The van der Waals surface area contributed by atoms with Gasteiger partial charge >= 0.3 is 6.18 Å². The number of hydrogen-bond acceptors (Lipinski definition) is 3. The normalized spacial score (nSPS) is 13.0. The molecule has 0 saturated carbocycles. The highest BCUT2D eigenvalue weighted by Gasteiger charge is 2.34. The number of nitrogens with zero attached hydrogens (tertiary/aromatic N) is 4. The van der Waals surface area contributed by atoms with E-state index in [4.69, 9.17) is 0 Å². The number of fused-ring (bicyclic) bond motifs is 1. The Hall–Kier alpha value is -2.51. The molecule has 1 aliphatic rings. The van der Waals surface area contributed by atoms with Crippen LogP contribution in [0, 0.1) is 27.7 Å². The fourth-order valence-corrected chi connectivity index (χ4v) is 4.35. The van der Waals surface area contributed by atoms with Crippen LogP contribution < -0.4 is 4.90 Å². The van der Waals surface area contributed by atoms with E-state index in [1.807, 2.05) is 25.3 Å². The van der Waals surface area contributed by atoms with E-state index in [0.29, 0.717) is 36.8 Å². The first kappa shape index (κ1) is 25.7. The molecule has 5 nitrogen and oxygen atoms in total. The molecule has 1 aliphatic heterocycles. The number of aryl methyl sites for hydroxylation is 4. The van der Waals surface area contributed by atoms with E-state index in [1.165, 1.54) is 10.5 Å². The predicted octanol–water partition coefficient (Wildman–Crippen LogP) is 6.10. The molecular weight excluding hydrogens is 417 g/mol. The lowest BCUT2D eigenvalue weighted by Gasteiger charge is -2.23. The van der Waals surface area contributed by atoms with Gasteiger partial charge in [0.05, 0.1) is 12.1 Å². The second kappa shape index (κ2) is 10.4. The first-order chi connectivity index (χ1) is 15.0. The van der Waals surface area contributed by atoms with Crippen molar-refractivity contribution in [2.75, 3.05) is 24.5 Å². The molecule has 32 heavy (non-hydrogen) atoms. The molecular formula is C24H35F3N4O. The Morgan fingerprint density at radius 1 is 1.06 bits per heavy atom. The summed E-state index contributed by atoms with van der Waals surface area (Å²) in [7, 11) is 0. The number of hydrogen-bond donors (Lipinski definition) is 0. The third kappa shape index (κ3) is 5.45. The third-order valence-electron chi connectivity index (χ3n) is 5.46. The van der Waals surface area contributed by atoms with Crippen LogP contribution >= 0.6 is 0 Å². The van der Waals surface area contributed by atoms with E-state index >= 15 is 0 Å². The largest absolute Gasteiger partial charge is 0.390 e. The van der Waals surface area contributed by atoms with E-state index in [-0.39, 0.29) is 19.0 Å². The standard InChI is InChI=1S/C22H29F3N4O.C2H6/c1-6-8-27(9-7-22(23,24)25)20(30)19-17(5)26-21-28(10-11-29(19)21)18-15(3)12-14(2)13-16(18)4;1-2/h12-13H,6-11H2,1-5H3;1-2H3. The van der Waals surface area contributed by atoms with Crippen molar-refractivity contribution in [3.8, 4) is 0 Å². The summed E-state index contributed by atoms with van der Waals surface area (Å²) in [6.45, 7) is 15.0. The van der Waals surface area contributed by atoms with Crippen LogP contribution in [-0.4, -0.2) is 46.2 Å². The fraction of sp³-hybridized carbons (Fsp3) is 0.583. The van der Waals surface area contributed by atoms with Crippen LogP contribution in [0.15, 0.2) is 12.1 Å². The lowest BCUT2D eigenvalue weighted by molar-refractivity contribution is -0.136. The van der Waals surface area contributed by atoms with Crippen LogP contribution in [-0.2, 0) is 6.54 Å². The summed E-state index contributed by atoms with van der Waals surface area (Å²) in [6.07, 6.45) is -4.71. The summed E-state index contributed by atoms with van der Waals surface area (Å²) in [5.41, 5.74) is 5.47. The lowest BCUT2D eigenvalue weighted by Crippen LogP contribution is -2.36. The Kier molecular flexibility index (Phi) is 8.37. The molecule has 0 N–H and O–H groups in total. The molecule has 1 aromatic carbocycles. The maximum absolute atomic E-state index is 13.2. The van der Waals surface area contributed by atoms with Crippen molar-refractivity contribution in [1.82, 2.24) is 14.5 Å². The summed E-state index contributed by atoms with van der Waals surface area (Å²) >= 11 is 0. The van der Waals surface area contributed by atoms with Crippen molar-refractivity contribution in [2.45, 2.75) is 74.0 Å². The number of imidazole rings is 1. The Morgan fingerprint density at radius 2 is 1.66 bits per heavy atom. The summed E-state index contributed by atoms with van der Waals surface area (Å²) < 4.78 is 40.1. The van der Waals surface area contributed by atoms with Gasteiger partial charge in [-0.2, -0.15) is 13.2 Å². The summed E-state index contributed by atoms with van der Waals surface area (Å²) in [5.74, 6) is 0.301. The molecule has 2 heterocycles. The van der Waals surface area contributed by atoms with Gasteiger partial charge in [0.1, 0.15) is 5.69 Å². The molecule has 2 aromatic rings. The maximum atomic E-state index is 13.2. The quantitative estimate of drug-likeness (QED) is 0.532. The first-order valence-corrected chi connectivity index (χ1v) is 11.3. The van der Waals surface area contributed by atoms with Crippen LogP contribution in [0.3, 0.4) is 0 Å². The Balaban J connectivity index is 0.00000176. The molecule has 178 valence electrons. The number of benzene rings is 1. The van der Waals surface area contributed by atoms with Gasteiger partial charge in [-0.15, -0.1) is 0 Å². The SMILES string of the molecule is CC.CCCN(CCC(F)(F)F)C(=O)c1c(C)nc2n1CCN2c1c(C)cc(C)cc1C. The number of rotatable bonds is 6. The molecule has 0 fully saturated rings. The summed E-state index contributed by atoms with van der Waals surface area (Å²) in [6, 6.07) is 4.24. The highest BCUT2D eigenvalue weighted by molar-refractivity contribution is 5.95. The second-order valence-electron chi connectivity index (χ2n) is 8.05. The number of aromatic nitrogens is 2. The van der Waals surface area contributed by atoms with E-state index in [9.17, 15) is 18.0 Å². The number of amides is 1. The van der Waals surface area contributed by atoms with Gasteiger partial charge < -0.3 is 14.4 Å². The third-order valence-corrected chi connectivity index (χ3v) is 5.46. The van der Waals surface area contributed by atoms with E-state index < -0.39 is 12.6 Å². The molecule has 0 unspecified atom stereocenters. The molecule has 0 aliphatic carbocycles. The van der Waals surface area contributed by atoms with Gasteiger partial charge in [-0.05, 0) is 45.2 Å². The second-order valence-corrected chi connectivity index (χ2v) is 8.05. The maximum Gasteiger partial charge on any atom is 0.390 e. The topological polar surface area (TPSA) is 41.4 Å². The van der Waals surface area contributed by atoms with Gasteiger partial charge in [-0.3, -0.25) is 4.79 Å². The number of anilines is 2. The van der Waals surface area contributed by atoms with Crippen molar-refractivity contribution in [3.63, 3.8) is 0 Å². The van der Waals surface area contributed by atoms with E-state index in [2.05, 4.69) is 42.8 Å². The molecule has 0 spiro atoms. The highest BCUT2D eigenvalue weighted by Crippen LogP contribution is 2.36. The first-order valence-electron chi connectivity index (χ1n) is 11.3. The fourth-order valence-electron chi connectivity index (χ4n) is 4.35. The monoisotopic (exact) mass is 452 g/mol.